The van der Waals surface area contributed by atoms with Crippen LogP contribution in [0.3, 0.4) is 0 Å². The van der Waals surface area contributed by atoms with Gasteiger partial charge in [-0.1, -0.05) is 115 Å². The molecule has 56 heavy (non-hydrogen) atoms. The van der Waals surface area contributed by atoms with Gasteiger partial charge in [0.15, 0.2) is 0 Å². The average molecular weight is 801 g/mol. The molecule has 2 aromatic carbocycles. The van der Waals surface area contributed by atoms with Crippen molar-refractivity contribution in [2.24, 2.45) is 46.3 Å². The zero-order valence-corrected chi connectivity index (χ0v) is 37.0. The van der Waals surface area contributed by atoms with Gasteiger partial charge in [-0.3, -0.25) is 0 Å². The van der Waals surface area contributed by atoms with E-state index in [1.165, 1.54) is 65.2 Å². The van der Waals surface area contributed by atoms with E-state index in [9.17, 15) is 24.3 Å². The van der Waals surface area contributed by atoms with Crippen LogP contribution in [-0.2, 0) is 31.3 Å². The number of hydrogen-bond acceptors (Lipinski definition) is 6. The van der Waals surface area contributed by atoms with Crippen molar-refractivity contribution in [3.8, 4) is 0 Å². The molecule has 0 bridgehead atoms. The molecule has 6 rings (SSSR count). The maximum Gasteiger partial charge on any atom is 0.0768 e. The Hall–Kier alpha value is -2.77. The Labute approximate surface area is 354 Å². The third kappa shape index (κ3) is 13.7. The first-order valence-electron chi connectivity index (χ1n) is 20.9. The standard InChI is InChI=1S/C27H45O.2C10H9O2.C2H5O.Ti/c1-18(2)7-6-8-19(3)23-11-12-24-22-10-9-20-17-21(28)13-15-26(20,4)25(22)14-16-27(23,24)5;2*1-8(11)7-10(12)9-5-3-2-4-6-9;1-2-3;/h9,18-19,21-25H,6-8,10-17H2,1-5H3;2*2-7H,1H3;2H2,1H3;/q4*-1;/t19?,21-,22-,23+,24?,25?,26-,27+;;;;/m0..../s1. The Kier molecular flexibility index (Phi) is 20.8. The van der Waals surface area contributed by atoms with E-state index in [1.54, 1.807) is 61.0 Å². The molecule has 8 atom stereocenters. The van der Waals surface area contributed by atoms with Crippen LogP contribution in [0.15, 0.2) is 72.3 Å². The minimum absolute atomic E-state index is 0. The monoisotopic (exact) mass is 800 g/mol. The third-order valence-corrected chi connectivity index (χ3v) is 13.0. The fourth-order valence-electron chi connectivity index (χ4n) is 10.4. The van der Waals surface area contributed by atoms with E-state index in [4.69, 9.17) is 5.11 Å². The first kappa shape index (κ1) is 49.4. The van der Waals surface area contributed by atoms with Crippen LogP contribution in [-0.4, -0.2) is 35.8 Å². The van der Waals surface area contributed by atoms with E-state index in [1.807, 2.05) is 12.1 Å². The van der Waals surface area contributed by atoms with Crippen LogP contribution in [0, 0.1) is 59.2 Å². The van der Waals surface area contributed by atoms with Crippen LogP contribution in [0.5, 0.6) is 0 Å². The molecule has 6 nitrogen and oxygen atoms in total. The number of Topliss-reactive ketones (excluding diaryl/α,β-unsaturated/α-hetero) is 4. The second kappa shape index (κ2) is 23.6. The molecule has 4 aliphatic rings. The first-order chi connectivity index (χ1) is 26.1. The number of ketones is 4. The Morgan fingerprint density at radius 1 is 0.768 bits per heavy atom. The third-order valence-electron chi connectivity index (χ3n) is 13.0. The molecular formula is C49H68O6Ti-4. The number of carbonyl (C=O) groups is 4. The summed E-state index contributed by atoms with van der Waals surface area (Å²) in [6.07, 6.45) is 18.7. The van der Waals surface area contributed by atoms with Crippen molar-refractivity contribution in [1.82, 2.24) is 0 Å². The zero-order valence-electron chi connectivity index (χ0n) is 35.5. The summed E-state index contributed by atoms with van der Waals surface area (Å²) in [5.41, 5.74) is 3.59. The van der Waals surface area contributed by atoms with Crippen LogP contribution >= 0.6 is 0 Å². The molecule has 3 fully saturated rings. The number of benzene rings is 2. The van der Waals surface area contributed by atoms with Crippen LogP contribution in [0.25, 0.3) is 0 Å². The summed E-state index contributed by atoms with van der Waals surface area (Å²) < 4.78 is 0. The minimum atomic E-state index is -0.327. The zero-order chi connectivity index (χ0) is 40.8. The van der Waals surface area contributed by atoms with Crippen molar-refractivity contribution in [3.63, 3.8) is 0 Å². The summed E-state index contributed by atoms with van der Waals surface area (Å²) >= 11 is 0. The topological polar surface area (TPSA) is 114 Å². The van der Waals surface area contributed by atoms with Gasteiger partial charge in [0, 0.05) is 33.3 Å². The van der Waals surface area contributed by atoms with Gasteiger partial charge in [0.2, 0.25) is 0 Å². The molecular weight excluding hydrogens is 732 g/mol. The average Bonchev–Trinajstić information content (AvgIpc) is 3.50. The number of rotatable bonds is 11. The molecule has 0 amide bonds. The van der Waals surface area contributed by atoms with Gasteiger partial charge < -0.3 is 29.4 Å². The van der Waals surface area contributed by atoms with Gasteiger partial charge in [0.1, 0.15) is 0 Å². The van der Waals surface area contributed by atoms with E-state index in [0.717, 1.165) is 67.6 Å². The Morgan fingerprint density at radius 3 is 1.77 bits per heavy atom. The van der Waals surface area contributed by atoms with Gasteiger partial charge in [-0.25, -0.2) is 0 Å². The first-order valence-corrected chi connectivity index (χ1v) is 20.9. The van der Waals surface area contributed by atoms with Crippen molar-refractivity contribution < 1.29 is 51.1 Å². The number of allylic oxidation sites excluding steroid dienone is 1. The van der Waals surface area contributed by atoms with Crippen molar-refractivity contribution in [2.45, 2.75) is 132 Å². The van der Waals surface area contributed by atoms with Crippen LogP contribution < -0.4 is 10.2 Å². The molecule has 0 heterocycles. The molecule has 0 N–H and O–H groups in total. The molecule has 0 aromatic heterocycles. The van der Waals surface area contributed by atoms with E-state index in [0.29, 0.717) is 22.0 Å². The fraction of sp³-hybridized carbons (Fsp3) is 0.592. The summed E-state index contributed by atoms with van der Waals surface area (Å²) in [4.78, 5) is 43.5. The second-order valence-corrected chi connectivity index (χ2v) is 17.4. The molecule has 3 unspecified atom stereocenters. The number of hydrogen-bond donors (Lipinski definition) is 0. The predicted octanol–water partition coefficient (Wildman–Crippen LogP) is 9.45. The summed E-state index contributed by atoms with van der Waals surface area (Å²) in [7, 11) is 0. The largest absolute Gasteiger partial charge is 0.855 e. The smallest absolute Gasteiger partial charge is 0.0768 e. The molecule has 7 heteroatoms. The quantitative estimate of drug-likeness (QED) is 0.0736. The van der Waals surface area contributed by atoms with Crippen molar-refractivity contribution >= 4 is 23.1 Å². The maximum absolute atomic E-state index is 12.1. The van der Waals surface area contributed by atoms with Gasteiger partial charge >= 0.3 is 0 Å². The minimum Gasteiger partial charge on any atom is -0.855 e. The molecule has 0 radical (unpaired) electrons. The normalized spacial score (nSPS) is 27.5. The van der Waals surface area contributed by atoms with Gasteiger partial charge in [-0.2, -0.15) is 0 Å². The van der Waals surface area contributed by atoms with Crippen molar-refractivity contribution in [1.29, 1.82) is 0 Å². The molecule has 308 valence electrons. The summed E-state index contributed by atoms with van der Waals surface area (Å²) in [6.45, 7) is 16.8. The molecule has 3 saturated carbocycles. The van der Waals surface area contributed by atoms with E-state index in [2.05, 4.69) is 40.7 Å². The van der Waals surface area contributed by atoms with Gasteiger partial charge in [-0.15, -0.1) is 60.9 Å². The molecule has 0 aliphatic heterocycles. The SMILES string of the molecule is CC(=O)[CH-]C(=O)c1ccccc1.CC(=O)[CH-]C(=O)c1ccccc1.CC(C)CCCC(C)[C@H]1CCC2[C@@H]3CC=C4C[C@@H]([O-])CC[C@]4(C)C3CC[C@@]21C.CC[O-].[Ti]. The van der Waals surface area contributed by atoms with Crippen LogP contribution in [0.2, 0.25) is 0 Å². The number of carbonyl (C=O) groups excluding carboxylic acids is 4. The molecule has 2 aromatic rings. The summed E-state index contributed by atoms with van der Waals surface area (Å²) in [6, 6.07) is 17.4. The number of fused-ring (bicyclic) bond motifs is 5. The maximum atomic E-state index is 12.1. The van der Waals surface area contributed by atoms with Crippen molar-refractivity contribution in [2.75, 3.05) is 6.61 Å². The Morgan fingerprint density at radius 2 is 1.29 bits per heavy atom. The van der Waals surface area contributed by atoms with Crippen LogP contribution in [0.1, 0.15) is 147 Å². The van der Waals surface area contributed by atoms with E-state index < -0.39 is 0 Å². The molecule has 0 spiro atoms. The van der Waals surface area contributed by atoms with Gasteiger partial charge in [-0.05, 0) is 105 Å². The van der Waals surface area contributed by atoms with Gasteiger partial charge in [0.05, 0.1) is 11.6 Å². The Balaban J connectivity index is 0.000000321. The van der Waals surface area contributed by atoms with E-state index in [-0.39, 0.29) is 57.6 Å². The van der Waals surface area contributed by atoms with E-state index >= 15 is 0 Å². The van der Waals surface area contributed by atoms with Gasteiger partial charge in [0.25, 0.3) is 0 Å². The van der Waals surface area contributed by atoms with Crippen LogP contribution in [0.4, 0.5) is 0 Å². The predicted molar refractivity (Wildman–Crippen MR) is 219 cm³/mol. The summed E-state index contributed by atoms with van der Waals surface area (Å²) in [5, 5.41) is 21.1. The fourth-order valence-corrected chi connectivity index (χ4v) is 10.4. The molecule has 4 aliphatic carbocycles. The summed E-state index contributed by atoms with van der Waals surface area (Å²) in [5.74, 6) is 4.47. The molecule has 0 saturated heterocycles. The Bertz CT molecular complexity index is 1490. The second-order valence-electron chi connectivity index (χ2n) is 17.4. The van der Waals surface area contributed by atoms with Crippen molar-refractivity contribution in [3.05, 3.63) is 96.3 Å².